The number of sulfonamides is 1. The predicted molar refractivity (Wildman–Crippen MR) is 124 cm³/mol. The molecule has 6 nitrogen and oxygen atoms in total. The molecule has 0 amide bonds. The van der Waals surface area contributed by atoms with E-state index in [2.05, 4.69) is 9.71 Å². The number of H-pyrrole nitrogens is 1. The van der Waals surface area contributed by atoms with Crippen LogP contribution < -0.4 is 10.3 Å². The van der Waals surface area contributed by atoms with Crippen molar-refractivity contribution in [1.29, 1.82) is 0 Å². The zero-order valence-corrected chi connectivity index (χ0v) is 17.8. The minimum absolute atomic E-state index is 0.115. The van der Waals surface area contributed by atoms with Crippen molar-refractivity contribution in [2.75, 3.05) is 6.54 Å². The average molecular weight is 445 g/mol. The molecule has 0 bridgehead atoms. The summed E-state index contributed by atoms with van der Waals surface area (Å²) in [4.78, 5) is 14.8. The van der Waals surface area contributed by atoms with Gasteiger partial charge in [0.15, 0.2) is 0 Å². The molecule has 0 fully saturated rings. The normalized spacial score (nSPS) is 12.9. The SMILES string of the molecule is O=c1ccc2cc(S(=O)(=O)NC[C@@H](c3ccccc3)c3c[nH]c4ccccc34)ccc2o1. The van der Waals surface area contributed by atoms with Crippen LogP contribution in [0.3, 0.4) is 0 Å². The summed E-state index contributed by atoms with van der Waals surface area (Å²) < 4.78 is 34.1. The Bertz CT molecular complexity index is 1570. The number of aromatic amines is 1. The van der Waals surface area contributed by atoms with Crippen molar-refractivity contribution in [3.05, 3.63) is 113 Å². The van der Waals surface area contributed by atoms with Gasteiger partial charge in [-0.2, -0.15) is 0 Å². The molecule has 0 saturated heterocycles. The average Bonchev–Trinajstić information content (AvgIpc) is 3.23. The molecule has 1 atom stereocenters. The number of nitrogens with one attached hydrogen (secondary N) is 2. The summed E-state index contributed by atoms with van der Waals surface area (Å²) >= 11 is 0. The standard InChI is InChI=1S/C25H20N2O4S/c28-25-13-10-18-14-19(11-12-24(18)31-25)32(29,30)27-16-21(17-6-2-1-3-7-17)22-15-26-23-9-5-4-8-20(22)23/h1-15,21,26-27H,16H2/t21-/m0/s1. The first-order chi connectivity index (χ1) is 15.5. The van der Waals surface area contributed by atoms with Gasteiger partial charge in [-0.15, -0.1) is 0 Å². The smallest absolute Gasteiger partial charge is 0.336 e. The maximum Gasteiger partial charge on any atom is 0.336 e. The third-order valence-electron chi connectivity index (χ3n) is 5.58. The fourth-order valence-corrected chi connectivity index (χ4v) is 5.05. The molecule has 5 rings (SSSR count). The monoisotopic (exact) mass is 444 g/mol. The summed E-state index contributed by atoms with van der Waals surface area (Å²) in [7, 11) is -3.79. The molecule has 2 N–H and O–H groups in total. The Kier molecular flexibility index (Phi) is 5.13. The van der Waals surface area contributed by atoms with E-state index in [1.165, 1.54) is 24.3 Å². The Balaban J connectivity index is 1.49. The van der Waals surface area contributed by atoms with E-state index in [4.69, 9.17) is 4.42 Å². The van der Waals surface area contributed by atoms with Gasteiger partial charge in [-0.1, -0.05) is 48.5 Å². The second-order valence-electron chi connectivity index (χ2n) is 7.56. The van der Waals surface area contributed by atoms with Crippen molar-refractivity contribution in [2.24, 2.45) is 0 Å². The Morgan fingerprint density at radius 1 is 0.906 bits per heavy atom. The minimum atomic E-state index is -3.79. The van der Waals surface area contributed by atoms with Crippen LogP contribution in [0.5, 0.6) is 0 Å². The summed E-state index contributed by atoms with van der Waals surface area (Å²) in [5, 5.41) is 1.60. The first kappa shape index (κ1) is 20.2. The molecule has 5 aromatic rings. The van der Waals surface area contributed by atoms with Crippen LogP contribution in [-0.4, -0.2) is 19.9 Å². The second kappa shape index (κ2) is 8.11. The van der Waals surface area contributed by atoms with Gasteiger partial charge in [0.2, 0.25) is 10.0 Å². The maximum atomic E-state index is 13.1. The van der Waals surface area contributed by atoms with E-state index in [0.717, 1.165) is 22.0 Å². The van der Waals surface area contributed by atoms with Gasteiger partial charge in [0.25, 0.3) is 0 Å². The number of hydrogen-bond acceptors (Lipinski definition) is 4. The highest BCUT2D eigenvalue weighted by Crippen LogP contribution is 2.31. The van der Waals surface area contributed by atoms with Gasteiger partial charge in [-0.05, 0) is 41.5 Å². The van der Waals surface area contributed by atoms with E-state index >= 15 is 0 Å². The lowest BCUT2D eigenvalue weighted by Crippen LogP contribution is -2.29. The van der Waals surface area contributed by atoms with Gasteiger partial charge in [0.1, 0.15) is 5.58 Å². The van der Waals surface area contributed by atoms with Gasteiger partial charge < -0.3 is 9.40 Å². The molecule has 0 aliphatic carbocycles. The molecule has 160 valence electrons. The van der Waals surface area contributed by atoms with Crippen LogP contribution >= 0.6 is 0 Å². The molecular formula is C25H20N2O4S. The van der Waals surface area contributed by atoms with Crippen LogP contribution in [0.1, 0.15) is 17.0 Å². The Labute approximate surface area is 184 Å². The van der Waals surface area contributed by atoms with Gasteiger partial charge in [-0.3, -0.25) is 0 Å². The third kappa shape index (κ3) is 3.84. The molecular weight excluding hydrogens is 424 g/mol. The summed E-state index contributed by atoms with van der Waals surface area (Å²) in [6.07, 6.45) is 1.94. The molecule has 2 aromatic heterocycles. The Hall–Kier alpha value is -3.68. The second-order valence-corrected chi connectivity index (χ2v) is 9.33. The predicted octanol–water partition coefficient (Wildman–Crippen LogP) is 4.38. The van der Waals surface area contributed by atoms with E-state index < -0.39 is 15.6 Å². The molecule has 0 aliphatic rings. The third-order valence-corrected chi connectivity index (χ3v) is 7.00. The highest BCUT2D eigenvalue weighted by molar-refractivity contribution is 7.89. The first-order valence-electron chi connectivity index (χ1n) is 10.2. The molecule has 32 heavy (non-hydrogen) atoms. The number of para-hydroxylation sites is 1. The van der Waals surface area contributed by atoms with Crippen LogP contribution in [0.4, 0.5) is 0 Å². The number of fused-ring (bicyclic) bond motifs is 2. The quantitative estimate of drug-likeness (QED) is 0.380. The molecule has 7 heteroatoms. The lowest BCUT2D eigenvalue weighted by Gasteiger charge is -2.18. The Morgan fingerprint density at radius 3 is 2.53 bits per heavy atom. The summed E-state index contributed by atoms with van der Waals surface area (Å²) in [6, 6.07) is 25.1. The largest absolute Gasteiger partial charge is 0.423 e. The molecule has 3 aromatic carbocycles. The van der Waals surface area contributed by atoms with Gasteiger partial charge >= 0.3 is 5.63 Å². The van der Waals surface area contributed by atoms with Crippen LogP contribution in [-0.2, 0) is 10.0 Å². The zero-order chi connectivity index (χ0) is 22.1. The van der Waals surface area contributed by atoms with Gasteiger partial charge in [0.05, 0.1) is 4.90 Å². The maximum absolute atomic E-state index is 13.1. The van der Waals surface area contributed by atoms with Crippen molar-refractivity contribution in [1.82, 2.24) is 9.71 Å². The minimum Gasteiger partial charge on any atom is -0.423 e. The number of hydrogen-bond donors (Lipinski definition) is 2. The van der Waals surface area contributed by atoms with Crippen molar-refractivity contribution in [3.63, 3.8) is 0 Å². The lowest BCUT2D eigenvalue weighted by atomic mass is 9.91. The van der Waals surface area contributed by atoms with E-state index in [1.807, 2.05) is 60.8 Å². The summed E-state index contributed by atoms with van der Waals surface area (Å²) in [5.41, 5.74) is 2.91. The van der Waals surface area contributed by atoms with E-state index in [0.29, 0.717) is 11.0 Å². The fraction of sp³-hybridized carbons (Fsp3) is 0.0800. The molecule has 0 unspecified atom stereocenters. The highest BCUT2D eigenvalue weighted by atomic mass is 32.2. The molecule has 0 saturated carbocycles. The molecule has 0 radical (unpaired) electrons. The number of rotatable bonds is 6. The zero-order valence-electron chi connectivity index (χ0n) is 17.0. The van der Waals surface area contributed by atoms with Gasteiger partial charge in [0, 0.05) is 41.0 Å². The molecule has 0 aliphatic heterocycles. The Morgan fingerprint density at radius 2 is 1.69 bits per heavy atom. The van der Waals surface area contributed by atoms with Crippen molar-refractivity contribution >= 4 is 31.9 Å². The van der Waals surface area contributed by atoms with Crippen molar-refractivity contribution in [3.8, 4) is 0 Å². The molecule has 0 spiro atoms. The topological polar surface area (TPSA) is 92.2 Å². The fourth-order valence-electron chi connectivity index (χ4n) is 3.97. The lowest BCUT2D eigenvalue weighted by molar-refractivity contribution is 0.560. The van der Waals surface area contributed by atoms with Crippen LogP contribution in [0.2, 0.25) is 0 Å². The van der Waals surface area contributed by atoms with Crippen LogP contribution in [0.25, 0.3) is 21.9 Å². The van der Waals surface area contributed by atoms with Crippen LogP contribution in [0, 0.1) is 0 Å². The summed E-state index contributed by atoms with van der Waals surface area (Å²) in [5.74, 6) is -0.180. The van der Waals surface area contributed by atoms with Crippen molar-refractivity contribution < 1.29 is 12.8 Å². The summed E-state index contributed by atoms with van der Waals surface area (Å²) in [6.45, 7) is 0.191. The first-order valence-corrected chi connectivity index (χ1v) is 11.6. The van der Waals surface area contributed by atoms with E-state index in [1.54, 1.807) is 6.07 Å². The van der Waals surface area contributed by atoms with Crippen LogP contribution in [0.15, 0.2) is 105 Å². The van der Waals surface area contributed by atoms with E-state index in [-0.39, 0.29) is 17.4 Å². The molecule has 2 heterocycles. The van der Waals surface area contributed by atoms with Crippen molar-refractivity contribution in [2.45, 2.75) is 10.8 Å². The van der Waals surface area contributed by atoms with E-state index in [9.17, 15) is 13.2 Å². The number of aromatic nitrogens is 1. The number of benzene rings is 3. The van der Waals surface area contributed by atoms with Gasteiger partial charge in [-0.25, -0.2) is 17.9 Å². The highest BCUT2D eigenvalue weighted by Gasteiger charge is 2.22.